The molecular weight excluding hydrogens is 401 g/mol. The van der Waals surface area contributed by atoms with Crippen LogP contribution < -0.4 is 4.90 Å². The number of carbonyl (C=O) groups excluding carboxylic acids is 1. The van der Waals surface area contributed by atoms with Crippen LogP contribution in [0, 0.1) is 5.82 Å². The highest BCUT2D eigenvalue weighted by Gasteiger charge is 2.25. The zero-order valence-electron chi connectivity index (χ0n) is 16.6. The van der Waals surface area contributed by atoms with Crippen molar-refractivity contribution in [1.29, 1.82) is 0 Å². The summed E-state index contributed by atoms with van der Waals surface area (Å²) in [6, 6.07) is 16.0. The Kier molecular flexibility index (Phi) is 6.52. The van der Waals surface area contributed by atoms with Crippen LogP contribution in [0.3, 0.4) is 0 Å². The van der Waals surface area contributed by atoms with E-state index in [-0.39, 0.29) is 17.8 Å². The van der Waals surface area contributed by atoms with Gasteiger partial charge in [-0.05, 0) is 42.7 Å². The van der Waals surface area contributed by atoms with Crippen LogP contribution in [0.5, 0.6) is 0 Å². The third-order valence-corrected chi connectivity index (χ3v) is 6.13. The van der Waals surface area contributed by atoms with Crippen LogP contribution in [0.15, 0.2) is 60.0 Å². The van der Waals surface area contributed by atoms with Gasteiger partial charge in [-0.25, -0.2) is 9.37 Å². The molecule has 0 bridgehead atoms. The van der Waals surface area contributed by atoms with E-state index in [9.17, 15) is 14.3 Å². The summed E-state index contributed by atoms with van der Waals surface area (Å²) in [6.07, 6.45) is 1.12. The Morgan fingerprint density at radius 1 is 1.13 bits per heavy atom. The van der Waals surface area contributed by atoms with Crippen molar-refractivity contribution in [2.75, 3.05) is 24.5 Å². The summed E-state index contributed by atoms with van der Waals surface area (Å²) in [5.41, 5.74) is 2.57. The second-order valence-corrected chi connectivity index (χ2v) is 8.33. The minimum absolute atomic E-state index is 0.0183. The Balaban J connectivity index is 1.55. The zero-order valence-corrected chi connectivity index (χ0v) is 17.4. The molecule has 156 valence electrons. The van der Waals surface area contributed by atoms with Crippen LogP contribution >= 0.6 is 11.3 Å². The number of piperidine rings is 1. The molecule has 1 saturated heterocycles. The first-order valence-corrected chi connectivity index (χ1v) is 10.9. The lowest BCUT2D eigenvalue weighted by Crippen LogP contribution is -2.44. The summed E-state index contributed by atoms with van der Waals surface area (Å²) in [5.74, 6) is -0.308. The molecule has 1 aliphatic rings. The van der Waals surface area contributed by atoms with Crippen molar-refractivity contribution in [1.82, 2.24) is 9.88 Å². The standard InChI is InChI=1S/C23H24FN3O2S/c24-19-8-6-18(7-9-19)21-16-30-23(25-21)27(14-17-4-2-1-3-5-17)22(29)15-26-12-10-20(28)11-13-26/h1-9,16,20,28H,10-15H2. The molecule has 1 amide bonds. The van der Waals surface area contributed by atoms with Crippen LogP contribution in [0.2, 0.25) is 0 Å². The molecule has 1 aliphatic heterocycles. The third-order valence-electron chi connectivity index (χ3n) is 5.26. The molecule has 0 unspecified atom stereocenters. The van der Waals surface area contributed by atoms with Gasteiger partial charge < -0.3 is 5.11 Å². The van der Waals surface area contributed by atoms with E-state index < -0.39 is 0 Å². The van der Waals surface area contributed by atoms with Crippen molar-refractivity contribution < 1.29 is 14.3 Å². The smallest absolute Gasteiger partial charge is 0.243 e. The van der Waals surface area contributed by atoms with Crippen molar-refractivity contribution in [3.8, 4) is 11.3 Å². The first-order chi connectivity index (χ1) is 14.6. The van der Waals surface area contributed by atoms with Gasteiger partial charge >= 0.3 is 0 Å². The highest BCUT2D eigenvalue weighted by Crippen LogP contribution is 2.29. The van der Waals surface area contributed by atoms with Gasteiger partial charge in [-0.15, -0.1) is 11.3 Å². The lowest BCUT2D eigenvalue weighted by atomic mass is 10.1. The normalized spacial score (nSPS) is 15.3. The van der Waals surface area contributed by atoms with E-state index in [0.29, 0.717) is 44.2 Å². The van der Waals surface area contributed by atoms with Crippen LogP contribution in [0.1, 0.15) is 18.4 Å². The highest BCUT2D eigenvalue weighted by atomic mass is 32.1. The minimum Gasteiger partial charge on any atom is -0.393 e. The maximum absolute atomic E-state index is 13.2. The molecule has 0 atom stereocenters. The van der Waals surface area contributed by atoms with Gasteiger partial charge in [0.05, 0.1) is 24.9 Å². The van der Waals surface area contributed by atoms with Crippen molar-refractivity contribution in [3.05, 3.63) is 71.4 Å². The Bertz CT molecular complexity index is 970. The quantitative estimate of drug-likeness (QED) is 0.650. The molecule has 2 aromatic carbocycles. The Labute approximate surface area is 179 Å². The molecule has 3 aromatic rings. The topological polar surface area (TPSA) is 56.7 Å². The number of halogens is 1. The molecule has 1 fully saturated rings. The molecule has 1 aromatic heterocycles. The van der Waals surface area contributed by atoms with Crippen molar-refractivity contribution in [2.45, 2.75) is 25.5 Å². The molecule has 2 heterocycles. The Hall–Kier alpha value is -2.61. The first kappa shape index (κ1) is 20.7. The fourth-order valence-electron chi connectivity index (χ4n) is 3.52. The van der Waals surface area contributed by atoms with E-state index in [4.69, 9.17) is 0 Å². The van der Waals surface area contributed by atoms with Crippen molar-refractivity contribution >= 4 is 22.4 Å². The fraction of sp³-hybridized carbons (Fsp3) is 0.304. The van der Waals surface area contributed by atoms with Crippen LogP contribution in [0.4, 0.5) is 9.52 Å². The highest BCUT2D eigenvalue weighted by molar-refractivity contribution is 7.14. The molecule has 0 saturated carbocycles. The second-order valence-electron chi connectivity index (χ2n) is 7.50. The number of aromatic nitrogens is 1. The summed E-state index contributed by atoms with van der Waals surface area (Å²) >= 11 is 1.41. The number of rotatable bonds is 6. The second kappa shape index (κ2) is 9.47. The minimum atomic E-state index is -0.290. The molecule has 5 nitrogen and oxygen atoms in total. The van der Waals surface area contributed by atoms with Gasteiger partial charge in [-0.3, -0.25) is 14.6 Å². The fourth-order valence-corrected chi connectivity index (χ4v) is 4.37. The molecular formula is C23H24FN3O2S. The Morgan fingerprint density at radius 2 is 1.83 bits per heavy atom. The van der Waals surface area contributed by atoms with E-state index in [0.717, 1.165) is 16.8 Å². The van der Waals surface area contributed by atoms with Gasteiger partial charge in [0, 0.05) is 24.0 Å². The number of aliphatic hydroxyl groups is 1. The number of carbonyl (C=O) groups is 1. The van der Waals surface area contributed by atoms with E-state index in [1.165, 1.54) is 23.5 Å². The largest absolute Gasteiger partial charge is 0.393 e. The number of hydrogen-bond acceptors (Lipinski definition) is 5. The molecule has 1 N–H and O–H groups in total. The maximum atomic E-state index is 13.2. The molecule has 0 radical (unpaired) electrons. The number of hydrogen-bond donors (Lipinski definition) is 1. The van der Waals surface area contributed by atoms with Gasteiger partial charge in [0.15, 0.2) is 5.13 Å². The zero-order chi connectivity index (χ0) is 20.9. The molecule has 30 heavy (non-hydrogen) atoms. The van der Waals surface area contributed by atoms with Gasteiger partial charge in [-0.1, -0.05) is 30.3 Å². The summed E-state index contributed by atoms with van der Waals surface area (Å²) in [6.45, 7) is 2.16. The number of thiazole rings is 1. The van der Waals surface area contributed by atoms with Crippen LogP contribution in [-0.4, -0.2) is 46.6 Å². The number of likely N-dealkylation sites (tertiary alicyclic amines) is 1. The monoisotopic (exact) mass is 425 g/mol. The van der Waals surface area contributed by atoms with Crippen LogP contribution in [0.25, 0.3) is 11.3 Å². The number of aliphatic hydroxyl groups excluding tert-OH is 1. The number of benzene rings is 2. The number of amides is 1. The lowest BCUT2D eigenvalue weighted by molar-refractivity contribution is -0.120. The van der Waals surface area contributed by atoms with E-state index >= 15 is 0 Å². The van der Waals surface area contributed by atoms with Crippen LogP contribution in [-0.2, 0) is 11.3 Å². The third kappa shape index (κ3) is 5.11. The molecule has 0 spiro atoms. The van der Waals surface area contributed by atoms with E-state index in [2.05, 4.69) is 9.88 Å². The molecule has 0 aliphatic carbocycles. The van der Waals surface area contributed by atoms with E-state index in [1.807, 2.05) is 35.7 Å². The number of anilines is 1. The maximum Gasteiger partial charge on any atom is 0.243 e. The predicted molar refractivity (Wildman–Crippen MR) is 117 cm³/mol. The summed E-state index contributed by atoms with van der Waals surface area (Å²) in [7, 11) is 0. The molecule has 7 heteroatoms. The Morgan fingerprint density at radius 3 is 2.53 bits per heavy atom. The first-order valence-electron chi connectivity index (χ1n) is 10.0. The van der Waals surface area contributed by atoms with Gasteiger partial charge in [0.2, 0.25) is 5.91 Å². The van der Waals surface area contributed by atoms with Crippen molar-refractivity contribution in [2.24, 2.45) is 0 Å². The summed E-state index contributed by atoms with van der Waals surface area (Å²) < 4.78 is 13.2. The molecule has 4 rings (SSSR count). The average Bonchev–Trinajstić information content (AvgIpc) is 3.25. The average molecular weight is 426 g/mol. The van der Waals surface area contributed by atoms with Gasteiger partial charge in [0.25, 0.3) is 0 Å². The SMILES string of the molecule is O=C(CN1CCC(O)CC1)N(Cc1ccccc1)c1nc(-c2ccc(F)cc2)cs1. The summed E-state index contributed by atoms with van der Waals surface area (Å²) in [4.78, 5) is 21.7. The summed E-state index contributed by atoms with van der Waals surface area (Å²) in [5, 5.41) is 12.2. The van der Waals surface area contributed by atoms with Gasteiger partial charge in [0.1, 0.15) is 5.82 Å². The van der Waals surface area contributed by atoms with Gasteiger partial charge in [-0.2, -0.15) is 0 Å². The predicted octanol–water partition coefficient (Wildman–Crippen LogP) is 3.94. The number of nitrogens with zero attached hydrogens (tertiary/aromatic N) is 3. The lowest BCUT2D eigenvalue weighted by Gasteiger charge is -2.30. The van der Waals surface area contributed by atoms with Crippen molar-refractivity contribution in [3.63, 3.8) is 0 Å². The van der Waals surface area contributed by atoms with E-state index in [1.54, 1.807) is 17.0 Å².